The van der Waals surface area contributed by atoms with Crippen molar-refractivity contribution in [3.8, 4) is 0 Å². The second-order valence-corrected chi connectivity index (χ2v) is 6.76. The quantitative estimate of drug-likeness (QED) is 0.877. The van der Waals surface area contributed by atoms with Gasteiger partial charge in [-0.2, -0.15) is 11.8 Å². The van der Waals surface area contributed by atoms with Crippen LogP contribution in [0.1, 0.15) is 39.9 Å². The molecule has 1 aromatic rings. The molecule has 2 rings (SSSR count). The number of thiophene rings is 1. The van der Waals surface area contributed by atoms with Crippen molar-refractivity contribution in [2.24, 2.45) is 0 Å². The predicted molar refractivity (Wildman–Crippen MR) is 78.0 cm³/mol. The molecule has 0 fully saturated rings. The maximum absolute atomic E-state index is 12.1. The summed E-state index contributed by atoms with van der Waals surface area (Å²) >= 11 is 3.37. The molecule has 0 unspecified atom stereocenters. The fraction of sp³-hybridized carbons (Fsp3) is 0.538. The van der Waals surface area contributed by atoms with Gasteiger partial charge in [-0.25, -0.2) is 4.79 Å². The van der Waals surface area contributed by atoms with Gasteiger partial charge in [0.2, 0.25) is 0 Å². The van der Waals surface area contributed by atoms with E-state index in [1.54, 1.807) is 0 Å². The highest BCUT2D eigenvalue weighted by atomic mass is 32.2. The molecule has 1 amide bonds. The number of thioether (sulfide) groups is 1. The highest BCUT2D eigenvalue weighted by Gasteiger charge is 2.22. The molecule has 0 aromatic carbocycles. The third-order valence-corrected chi connectivity index (χ3v) is 5.28. The van der Waals surface area contributed by atoms with Crippen molar-refractivity contribution < 1.29 is 14.7 Å². The standard InChI is InChI=1S/C13H17NO3S2/c1-2-3-9(13(16)17)14-12(15)11-6-8-7-18-5-4-10(8)19-11/h6,9H,2-5,7H2,1H3,(H,14,15)(H,16,17)/t9-/m1/s1. The lowest BCUT2D eigenvalue weighted by Gasteiger charge is -2.12. The number of aliphatic carboxylic acids is 1. The summed E-state index contributed by atoms with van der Waals surface area (Å²) in [6.45, 7) is 1.91. The van der Waals surface area contributed by atoms with Crippen LogP contribution in [0.3, 0.4) is 0 Å². The van der Waals surface area contributed by atoms with E-state index >= 15 is 0 Å². The molecule has 1 aliphatic heterocycles. The second-order valence-electron chi connectivity index (χ2n) is 4.51. The van der Waals surface area contributed by atoms with Crippen LogP contribution >= 0.6 is 23.1 Å². The number of nitrogens with one attached hydrogen (secondary N) is 1. The zero-order chi connectivity index (χ0) is 13.8. The molecule has 2 heterocycles. The van der Waals surface area contributed by atoms with Crippen molar-refractivity contribution in [3.63, 3.8) is 0 Å². The first-order chi connectivity index (χ1) is 9.11. The monoisotopic (exact) mass is 299 g/mol. The average molecular weight is 299 g/mol. The Morgan fingerprint density at radius 1 is 1.53 bits per heavy atom. The average Bonchev–Trinajstić information content (AvgIpc) is 2.81. The van der Waals surface area contributed by atoms with E-state index in [1.807, 2.05) is 24.8 Å². The van der Waals surface area contributed by atoms with Gasteiger partial charge in [-0.15, -0.1) is 11.3 Å². The first kappa shape index (κ1) is 14.4. The zero-order valence-electron chi connectivity index (χ0n) is 10.8. The molecule has 1 atom stereocenters. The van der Waals surface area contributed by atoms with Crippen molar-refractivity contribution >= 4 is 35.0 Å². The van der Waals surface area contributed by atoms with Gasteiger partial charge in [0.1, 0.15) is 6.04 Å². The summed E-state index contributed by atoms with van der Waals surface area (Å²) in [4.78, 5) is 25.0. The molecular weight excluding hydrogens is 282 g/mol. The summed E-state index contributed by atoms with van der Waals surface area (Å²) in [5.41, 5.74) is 1.23. The van der Waals surface area contributed by atoms with Crippen molar-refractivity contribution in [3.05, 3.63) is 21.4 Å². The van der Waals surface area contributed by atoms with Crippen LogP contribution in [0.2, 0.25) is 0 Å². The Labute approximate surface area is 120 Å². The van der Waals surface area contributed by atoms with Crippen LogP contribution in [-0.2, 0) is 17.0 Å². The SMILES string of the molecule is CCC[C@@H](NC(=O)c1cc2c(s1)CCSC2)C(=O)O. The molecule has 0 bridgehead atoms. The number of carbonyl (C=O) groups excluding carboxylic acids is 1. The van der Waals surface area contributed by atoms with Gasteiger partial charge >= 0.3 is 5.97 Å². The van der Waals surface area contributed by atoms with Gasteiger partial charge in [0.15, 0.2) is 0 Å². The number of carboxylic acids is 1. The molecule has 6 heteroatoms. The van der Waals surface area contributed by atoms with E-state index in [0.717, 1.165) is 24.3 Å². The lowest BCUT2D eigenvalue weighted by atomic mass is 10.1. The highest BCUT2D eigenvalue weighted by molar-refractivity contribution is 7.98. The van der Waals surface area contributed by atoms with Crippen LogP contribution in [0, 0.1) is 0 Å². The van der Waals surface area contributed by atoms with Crippen LogP contribution < -0.4 is 5.32 Å². The van der Waals surface area contributed by atoms with E-state index in [4.69, 9.17) is 5.11 Å². The van der Waals surface area contributed by atoms with Gasteiger partial charge in [0.05, 0.1) is 4.88 Å². The topological polar surface area (TPSA) is 66.4 Å². The van der Waals surface area contributed by atoms with E-state index in [0.29, 0.717) is 11.3 Å². The molecule has 2 N–H and O–H groups in total. The Hall–Kier alpha value is -1.01. The molecule has 0 saturated heterocycles. The number of fused-ring (bicyclic) bond motifs is 1. The smallest absolute Gasteiger partial charge is 0.326 e. The van der Waals surface area contributed by atoms with Crippen molar-refractivity contribution in [2.75, 3.05) is 5.75 Å². The molecule has 4 nitrogen and oxygen atoms in total. The first-order valence-corrected chi connectivity index (χ1v) is 8.32. The van der Waals surface area contributed by atoms with E-state index in [-0.39, 0.29) is 5.91 Å². The van der Waals surface area contributed by atoms with Gasteiger partial charge in [0, 0.05) is 10.6 Å². The molecule has 1 aromatic heterocycles. The minimum absolute atomic E-state index is 0.259. The number of hydrogen-bond donors (Lipinski definition) is 2. The number of hydrogen-bond acceptors (Lipinski definition) is 4. The Morgan fingerprint density at radius 3 is 2.95 bits per heavy atom. The molecule has 19 heavy (non-hydrogen) atoms. The van der Waals surface area contributed by atoms with Crippen molar-refractivity contribution in [1.29, 1.82) is 0 Å². The predicted octanol–water partition coefficient (Wildman–Crippen LogP) is 2.52. The summed E-state index contributed by atoms with van der Waals surface area (Å²) in [6.07, 6.45) is 2.20. The fourth-order valence-corrected chi connectivity index (χ4v) is 4.31. The normalized spacial score (nSPS) is 15.6. The number of rotatable bonds is 5. The third kappa shape index (κ3) is 3.51. The number of carboxylic acid groups (broad SMARTS) is 1. The molecule has 104 valence electrons. The van der Waals surface area contributed by atoms with Gasteiger partial charge in [-0.05, 0) is 30.2 Å². The van der Waals surface area contributed by atoms with Gasteiger partial charge in [-0.3, -0.25) is 4.79 Å². The van der Waals surface area contributed by atoms with Crippen LogP contribution in [0.5, 0.6) is 0 Å². The summed E-state index contributed by atoms with van der Waals surface area (Å²) in [6, 6.07) is 1.12. The largest absolute Gasteiger partial charge is 0.480 e. The van der Waals surface area contributed by atoms with E-state index < -0.39 is 12.0 Å². The van der Waals surface area contributed by atoms with Crippen LogP contribution in [0.4, 0.5) is 0 Å². The zero-order valence-corrected chi connectivity index (χ0v) is 12.4. The Bertz CT molecular complexity index is 461. The molecule has 0 radical (unpaired) electrons. The van der Waals surface area contributed by atoms with Crippen LogP contribution in [-0.4, -0.2) is 28.8 Å². The maximum Gasteiger partial charge on any atom is 0.326 e. The maximum atomic E-state index is 12.1. The number of carbonyl (C=O) groups is 2. The van der Waals surface area contributed by atoms with E-state index in [9.17, 15) is 9.59 Å². The van der Waals surface area contributed by atoms with Gasteiger partial charge < -0.3 is 10.4 Å². The number of aryl methyl sites for hydroxylation is 1. The minimum atomic E-state index is -0.966. The van der Waals surface area contributed by atoms with Gasteiger partial charge in [0.25, 0.3) is 5.91 Å². The summed E-state index contributed by atoms with van der Waals surface area (Å²) in [7, 11) is 0. The van der Waals surface area contributed by atoms with E-state index in [2.05, 4.69) is 5.32 Å². The molecule has 0 spiro atoms. The van der Waals surface area contributed by atoms with Crippen LogP contribution in [0.15, 0.2) is 6.07 Å². The van der Waals surface area contributed by atoms with E-state index in [1.165, 1.54) is 21.8 Å². The number of amides is 1. The van der Waals surface area contributed by atoms with Crippen molar-refractivity contribution in [1.82, 2.24) is 5.32 Å². The lowest BCUT2D eigenvalue weighted by Crippen LogP contribution is -2.40. The van der Waals surface area contributed by atoms with Gasteiger partial charge in [-0.1, -0.05) is 13.3 Å². The summed E-state index contributed by atoms with van der Waals surface area (Å²) in [5, 5.41) is 11.7. The lowest BCUT2D eigenvalue weighted by molar-refractivity contribution is -0.139. The molecule has 0 saturated carbocycles. The second kappa shape index (κ2) is 6.43. The Balaban J connectivity index is 2.06. The highest BCUT2D eigenvalue weighted by Crippen LogP contribution is 2.31. The minimum Gasteiger partial charge on any atom is -0.480 e. The summed E-state index contributed by atoms with van der Waals surface area (Å²) < 4.78 is 0. The fourth-order valence-electron chi connectivity index (χ4n) is 2.03. The summed E-state index contributed by atoms with van der Waals surface area (Å²) in [5.74, 6) is 0.829. The third-order valence-electron chi connectivity index (χ3n) is 3.03. The van der Waals surface area contributed by atoms with Crippen LogP contribution in [0.25, 0.3) is 0 Å². The Morgan fingerprint density at radius 2 is 2.32 bits per heavy atom. The Kier molecular flexibility index (Phi) is 4.87. The first-order valence-electron chi connectivity index (χ1n) is 6.34. The molecule has 0 aliphatic carbocycles. The molecular formula is C13H17NO3S2. The van der Waals surface area contributed by atoms with Crippen molar-refractivity contribution in [2.45, 2.75) is 38.0 Å². The molecule has 1 aliphatic rings.